The molecule has 104 valence electrons. The Morgan fingerprint density at radius 3 is 2.50 bits per heavy atom. The lowest BCUT2D eigenvalue weighted by Gasteiger charge is -2.11. The number of halogens is 2. The maximum absolute atomic E-state index is 12.3. The van der Waals surface area contributed by atoms with Crippen molar-refractivity contribution in [1.82, 2.24) is 0 Å². The highest BCUT2D eigenvalue weighted by Gasteiger charge is 2.12. The van der Waals surface area contributed by atoms with E-state index in [0.29, 0.717) is 16.9 Å². The zero-order valence-corrected chi connectivity index (χ0v) is 14.3. The molecule has 0 aliphatic carbocycles. The molecule has 0 saturated carbocycles. The molecule has 0 fully saturated rings. The standard InChI is InChI=1S/C15H14Br2N2O/c1-8-3-4-10(16)6-11(8)15(20)19-14-7-13(18)9(2)5-12(14)17/h3-7H,18H2,1-2H3,(H,19,20). The normalized spacial score (nSPS) is 10.4. The van der Waals surface area contributed by atoms with Crippen molar-refractivity contribution in [3.8, 4) is 0 Å². The first kappa shape index (κ1) is 15.1. The molecule has 5 heteroatoms. The predicted octanol–water partition coefficient (Wildman–Crippen LogP) is 4.66. The van der Waals surface area contributed by atoms with Gasteiger partial charge in [0.15, 0.2) is 0 Å². The van der Waals surface area contributed by atoms with Gasteiger partial charge in [-0.15, -0.1) is 0 Å². The van der Waals surface area contributed by atoms with Crippen LogP contribution in [-0.4, -0.2) is 5.91 Å². The molecule has 0 saturated heterocycles. The van der Waals surface area contributed by atoms with Gasteiger partial charge in [-0.3, -0.25) is 4.79 Å². The number of carbonyl (C=O) groups is 1. The van der Waals surface area contributed by atoms with Gasteiger partial charge in [-0.25, -0.2) is 0 Å². The first-order chi connectivity index (χ1) is 9.38. The molecule has 0 radical (unpaired) electrons. The van der Waals surface area contributed by atoms with Crippen LogP contribution >= 0.6 is 31.9 Å². The average Bonchev–Trinajstić information content (AvgIpc) is 2.38. The number of hydrogen-bond donors (Lipinski definition) is 2. The summed E-state index contributed by atoms with van der Waals surface area (Å²) in [4.78, 5) is 12.3. The molecule has 0 aromatic heterocycles. The molecule has 0 aliphatic rings. The lowest BCUT2D eigenvalue weighted by atomic mass is 10.1. The zero-order valence-electron chi connectivity index (χ0n) is 11.1. The van der Waals surface area contributed by atoms with E-state index >= 15 is 0 Å². The quantitative estimate of drug-likeness (QED) is 0.723. The number of aryl methyl sites for hydroxylation is 2. The van der Waals surface area contributed by atoms with Crippen LogP contribution < -0.4 is 11.1 Å². The summed E-state index contributed by atoms with van der Waals surface area (Å²) in [6.07, 6.45) is 0. The number of nitrogens with two attached hydrogens (primary N) is 1. The SMILES string of the molecule is Cc1cc(Br)c(NC(=O)c2cc(Br)ccc2C)cc1N. The van der Waals surface area contributed by atoms with Crippen LogP contribution in [0.15, 0.2) is 39.3 Å². The number of anilines is 2. The first-order valence-electron chi connectivity index (χ1n) is 6.01. The van der Waals surface area contributed by atoms with Crippen LogP contribution in [0, 0.1) is 13.8 Å². The van der Waals surface area contributed by atoms with Gasteiger partial charge >= 0.3 is 0 Å². The third kappa shape index (κ3) is 3.22. The summed E-state index contributed by atoms with van der Waals surface area (Å²) in [5.41, 5.74) is 9.70. The van der Waals surface area contributed by atoms with Crippen LogP contribution in [0.25, 0.3) is 0 Å². The third-order valence-electron chi connectivity index (χ3n) is 3.05. The van der Waals surface area contributed by atoms with Gasteiger partial charge in [-0.1, -0.05) is 22.0 Å². The summed E-state index contributed by atoms with van der Waals surface area (Å²) in [6.45, 7) is 3.82. The van der Waals surface area contributed by atoms with Crippen molar-refractivity contribution in [2.45, 2.75) is 13.8 Å². The van der Waals surface area contributed by atoms with Crippen LogP contribution in [-0.2, 0) is 0 Å². The molecule has 20 heavy (non-hydrogen) atoms. The Labute approximate surface area is 134 Å². The molecule has 0 atom stereocenters. The highest BCUT2D eigenvalue weighted by atomic mass is 79.9. The Kier molecular flexibility index (Phi) is 4.50. The van der Waals surface area contributed by atoms with Gasteiger partial charge in [0.05, 0.1) is 5.69 Å². The van der Waals surface area contributed by atoms with E-state index in [1.165, 1.54) is 0 Å². The Morgan fingerprint density at radius 2 is 1.80 bits per heavy atom. The predicted molar refractivity (Wildman–Crippen MR) is 90.1 cm³/mol. The van der Waals surface area contributed by atoms with Crippen LogP contribution in [0.4, 0.5) is 11.4 Å². The first-order valence-corrected chi connectivity index (χ1v) is 7.60. The topological polar surface area (TPSA) is 55.1 Å². The lowest BCUT2D eigenvalue weighted by Crippen LogP contribution is -2.14. The summed E-state index contributed by atoms with van der Waals surface area (Å²) >= 11 is 6.81. The maximum Gasteiger partial charge on any atom is 0.256 e. The van der Waals surface area contributed by atoms with Crippen molar-refractivity contribution in [2.24, 2.45) is 0 Å². The number of amides is 1. The molecule has 0 heterocycles. The van der Waals surface area contributed by atoms with Crippen LogP contribution in [0.3, 0.4) is 0 Å². The summed E-state index contributed by atoms with van der Waals surface area (Å²) < 4.78 is 1.68. The molecule has 3 nitrogen and oxygen atoms in total. The van der Waals surface area contributed by atoms with Gasteiger partial charge in [-0.05, 0) is 65.2 Å². The Morgan fingerprint density at radius 1 is 1.10 bits per heavy atom. The second kappa shape index (κ2) is 5.97. The van der Waals surface area contributed by atoms with Gasteiger partial charge in [-0.2, -0.15) is 0 Å². The van der Waals surface area contributed by atoms with Crippen molar-refractivity contribution >= 4 is 49.1 Å². The van der Waals surface area contributed by atoms with Crippen LogP contribution in [0.2, 0.25) is 0 Å². The number of benzene rings is 2. The summed E-state index contributed by atoms with van der Waals surface area (Å²) in [5.74, 6) is -0.159. The number of rotatable bonds is 2. The minimum atomic E-state index is -0.159. The maximum atomic E-state index is 12.3. The van der Waals surface area contributed by atoms with Gasteiger partial charge in [0, 0.05) is 20.2 Å². The fourth-order valence-electron chi connectivity index (χ4n) is 1.81. The van der Waals surface area contributed by atoms with Crippen molar-refractivity contribution in [3.63, 3.8) is 0 Å². The largest absolute Gasteiger partial charge is 0.398 e. The number of nitrogen functional groups attached to an aromatic ring is 1. The molecule has 2 aromatic rings. The summed E-state index contributed by atoms with van der Waals surface area (Å²) in [6, 6.07) is 9.25. The molecular formula is C15H14Br2N2O. The van der Waals surface area contributed by atoms with E-state index < -0.39 is 0 Å². The molecule has 0 bridgehead atoms. The highest BCUT2D eigenvalue weighted by Crippen LogP contribution is 2.28. The third-order valence-corrected chi connectivity index (χ3v) is 4.20. The molecular weight excluding hydrogens is 384 g/mol. The second-order valence-electron chi connectivity index (χ2n) is 4.60. The van der Waals surface area contributed by atoms with E-state index in [9.17, 15) is 4.79 Å². The highest BCUT2D eigenvalue weighted by molar-refractivity contribution is 9.10. The monoisotopic (exact) mass is 396 g/mol. The van der Waals surface area contributed by atoms with Gasteiger partial charge in [0.2, 0.25) is 0 Å². The molecule has 0 unspecified atom stereocenters. The zero-order chi connectivity index (χ0) is 14.9. The summed E-state index contributed by atoms with van der Waals surface area (Å²) in [5, 5.41) is 2.88. The van der Waals surface area contributed by atoms with E-state index in [4.69, 9.17) is 5.73 Å². The van der Waals surface area contributed by atoms with Crippen molar-refractivity contribution in [2.75, 3.05) is 11.1 Å². The van der Waals surface area contributed by atoms with Crippen molar-refractivity contribution in [1.29, 1.82) is 0 Å². The lowest BCUT2D eigenvalue weighted by molar-refractivity contribution is 0.102. The van der Waals surface area contributed by atoms with E-state index in [2.05, 4.69) is 37.2 Å². The Balaban J connectivity index is 2.32. The van der Waals surface area contributed by atoms with E-state index in [1.807, 2.05) is 32.0 Å². The molecule has 1 amide bonds. The van der Waals surface area contributed by atoms with Crippen molar-refractivity contribution in [3.05, 3.63) is 56.0 Å². The number of hydrogen-bond acceptors (Lipinski definition) is 2. The Bertz CT molecular complexity index is 684. The molecule has 2 aromatic carbocycles. The van der Waals surface area contributed by atoms with E-state index in [0.717, 1.165) is 20.1 Å². The number of nitrogens with one attached hydrogen (secondary N) is 1. The van der Waals surface area contributed by atoms with Crippen molar-refractivity contribution < 1.29 is 4.79 Å². The molecule has 2 rings (SSSR count). The molecule has 0 spiro atoms. The Hall–Kier alpha value is -1.33. The molecule has 0 aliphatic heterocycles. The van der Waals surface area contributed by atoms with Gasteiger partial charge in [0.25, 0.3) is 5.91 Å². The minimum Gasteiger partial charge on any atom is -0.398 e. The summed E-state index contributed by atoms with van der Waals surface area (Å²) in [7, 11) is 0. The smallest absolute Gasteiger partial charge is 0.256 e. The fourth-order valence-corrected chi connectivity index (χ4v) is 2.73. The van der Waals surface area contributed by atoms with Gasteiger partial charge in [0.1, 0.15) is 0 Å². The van der Waals surface area contributed by atoms with Crippen LogP contribution in [0.1, 0.15) is 21.5 Å². The van der Waals surface area contributed by atoms with Gasteiger partial charge < -0.3 is 11.1 Å². The van der Waals surface area contributed by atoms with E-state index in [-0.39, 0.29) is 5.91 Å². The second-order valence-corrected chi connectivity index (χ2v) is 6.37. The number of carbonyl (C=O) groups excluding carboxylic acids is 1. The fraction of sp³-hybridized carbons (Fsp3) is 0.133. The molecule has 3 N–H and O–H groups in total. The average molecular weight is 398 g/mol. The van der Waals surface area contributed by atoms with Crippen LogP contribution in [0.5, 0.6) is 0 Å². The van der Waals surface area contributed by atoms with E-state index in [1.54, 1.807) is 12.1 Å². The minimum absolute atomic E-state index is 0.159.